The highest BCUT2D eigenvalue weighted by Crippen LogP contribution is 2.27. The number of amides is 1. The molecule has 0 saturated carbocycles. The number of nitrogens with one attached hydrogen (secondary N) is 2. The number of anilines is 1. The summed E-state index contributed by atoms with van der Waals surface area (Å²) in [5.74, 6) is -0.183. The molecule has 146 valence electrons. The van der Waals surface area contributed by atoms with E-state index in [1.165, 1.54) is 19.2 Å². The van der Waals surface area contributed by atoms with Gasteiger partial charge in [0.2, 0.25) is 10.0 Å². The first-order valence-corrected chi connectivity index (χ1v) is 10.2. The van der Waals surface area contributed by atoms with Crippen LogP contribution in [0.1, 0.15) is 40.4 Å². The summed E-state index contributed by atoms with van der Waals surface area (Å²) in [5, 5.41) is 2.89. The first-order valence-electron chi connectivity index (χ1n) is 8.76. The number of sulfonamides is 1. The highest BCUT2D eigenvalue weighted by atomic mass is 32.2. The van der Waals surface area contributed by atoms with Gasteiger partial charge < -0.3 is 10.1 Å². The largest absolute Gasteiger partial charge is 0.495 e. The van der Waals surface area contributed by atoms with Crippen LogP contribution in [0.25, 0.3) is 0 Å². The lowest BCUT2D eigenvalue weighted by atomic mass is 10.0. The zero-order chi connectivity index (χ0) is 20.2. The van der Waals surface area contributed by atoms with E-state index in [9.17, 15) is 13.2 Å². The molecule has 6 nitrogen and oxygen atoms in total. The van der Waals surface area contributed by atoms with E-state index in [1.54, 1.807) is 6.07 Å². The fourth-order valence-corrected chi connectivity index (χ4v) is 4.23. The molecule has 0 unspecified atom stereocenters. The van der Waals surface area contributed by atoms with Gasteiger partial charge in [-0.25, -0.2) is 13.1 Å². The molecule has 0 aliphatic rings. The molecule has 2 N–H and O–H groups in total. The van der Waals surface area contributed by atoms with E-state index in [-0.39, 0.29) is 22.1 Å². The quantitative estimate of drug-likeness (QED) is 0.757. The molecule has 0 aliphatic heterocycles. The Hall–Kier alpha value is -2.38. The van der Waals surface area contributed by atoms with Gasteiger partial charge in [0.15, 0.2) is 0 Å². The molecule has 2 aromatic rings. The third kappa shape index (κ3) is 4.87. The van der Waals surface area contributed by atoms with Crippen molar-refractivity contribution in [2.24, 2.45) is 0 Å². The number of benzene rings is 2. The van der Waals surface area contributed by atoms with Crippen molar-refractivity contribution < 1.29 is 17.9 Å². The Labute approximate surface area is 161 Å². The maximum absolute atomic E-state index is 12.7. The molecule has 0 spiro atoms. The number of carbonyl (C=O) groups is 1. The Morgan fingerprint density at radius 1 is 1.07 bits per heavy atom. The molecule has 0 aliphatic carbocycles. The van der Waals surface area contributed by atoms with Gasteiger partial charge in [-0.05, 0) is 56.5 Å². The van der Waals surface area contributed by atoms with Gasteiger partial charge in [0.05, 0.1) is 7.11 Å². The number of hydrogen-bond acceptors (Lipinski definition) is 4. The molecule has 0 bridgehead atoms. The second-order valence-corrected chi connectivity index (χ2v) is 8.23. The average Bonchev–Trinajstić information content (AvgIpc) is 2.62. The highest BCUT2D eigenvalue weighted by molar-refractivity contribution is 7.89. The van der Waals surface area contributed by atoms with Crippen molar-refractivity contribution in [3.05, 3.63) is 52.6 Å². The lowest BCUT2D eigenvalue weighted by molar-refractivity contribution is 0.102. The van der Waals surface area contributed by atoms with Gasteiger partial charge in [-0.1, -0.05) is 24.6 Å². The summed E-state index contributed by atoms with van der Waals surface area (Å²) in [6.45, 7) is 8.03. The molecule has 0 heterocycles. The number of rotatable bonds is 7. The van der Waals surface area contributed by atoms with Gasteiger partial charge in [-0.3, -0.25) is 4.79 Å². The number of hydrogen-bond donors (Lipinski definition) is 2. The second-order valence-electron chi connectivity index (χ2n) is 6.49. The normalized spacial score (nSPS) is 11.3. The smallest absolute Gasteiger partial charge is 0.255 e. The topological polar surface area (TPSA) is 84.5 Å². The Bertz CT molecular complexity index is 929. The summed E-state index contributed by atoms with van der Waals surface area (Å²) < 4.78 is 32.7. The van der Waals surface area contributed by atoms with E-state index in [0.717, 1.165) is 22.4 Å². The summed E-state index contributed by atoms with van der Waals surface area (Å²) in [5.41, 5.74) is 3.99. The van der Waals surface area contributed by atoms with Crippen LogP contribution in [0, 0.1) is 20.8 Å². The summed E-state index contributed by atoms with van der Waals surface area (Å²) in [7, 11) is -2.38. The van der Waals surface area contributed by atoms with Crippen LogP contribution in [-0.2, 0) is 10.0 Å². The molecule has 0 radical (unpaired) electrons. The standard InChI is InChI=1S/C20H26N2O4S/c1-6-9-21-27(24,25)18-12-16(7-8-17(18)26-5)20(23)22-19-14(3)10-13(2)11-15(19)4/h7-8,10-12,21H,6,9H2,1-5H3,(H,22,23). The molecule has 0 saturated heterocycles. The van der Waals surface area contributed by atoms with Crippen LogP contribution in [0.15, 0.2) is 35.2 Å². The molecule has 27 heavy (non-hydrogen) atoms. The Morgan fingerprint density at radius 3 is 2.26 bits per heavy atom. The van der Waals surface area contributed by atoms with Crippen molar-refractivity contribution in [2.45, 2.75) is 39.0 Å². The van der Waals surface area contributed by atoms with E-state index in [2.05, 4.69) is 10.0 Å². The predicted molar refractivity (Wildman–Crippen MR) is 107 cm³/mol. The van der Waals surface area contributed by atoms with Crippen LogP contribution in [0.3, 0.4) is 0 Å². The summed E-state index contributed by atoms with van der Waals surface area (Å²) in [6, 6.07) is 8.35. The molecule has 0 fully saturated rings. The first-order chi connectivity index (χ1) is 12.7. The molecular formula is C20H26N2O4S. The van der Waals surface area contributed by atoms with Crippen LogP contribution >= 0.6 is 0 Å². The van der Waals surface area contributed by atoms with Gasteiger partial charge >= 0.3 is 0 Å². The van der Waals surface area contributed by atoms with E-state index in [4.69, 9.17) is 4.74 Å². The van der Waals surface area contributed by atoms with Crippen LogP contribution in [0.4, 0.5) is 5.69 Å². The fourth-order valence-electron chi connectivity index (χ4n) is 2.91. The van der Waals surface area contributed by atoms with Gasteiger partial charge in [0.1, 0.15) is 10.6 Å². The minimum absolute atomic E-state index is 0.0524. The predicted octanol–water partition coefficient (Wildman–Crippen LogP) is 3.56. The SMILES string of the molecule is CCCNS(=O)(=O)c1cc(C(=O)Nc2c(C)cc(C)cc2C)ccc1OC. The van der Waals surface area contributed by atoms with Crippen molar-refractivity contribution in [2.75, 3.05) is 19.0 Å². The molecule has 1 amide bonds. The molecule has 0 aromatic heterocycles. The van der Waals surface area contributed by atoms with Crippen molar-refractivity contribution in [1.29, 1.82) is 0 Å². The lowest BCUT2D eigenvalue weighted by Crippen LogP contribution is -2.25. The number of aryl methyl sites for hydroxylation is 3. The number of methoxy groups -OCH3 is 1. The first kappa shape index (κ1) is 20.9. The fraction of sp³-hybridized carbons (Fsp3) is 0.350. The summed E-state index contributed by atoms with van der Waals surface area (Å²) in [4.78, 5) is 12.7. The van der Waals surface area contributed by atoms with Gasteiger partial charge in [-0.15, -0.1) is 0 Å². The third-order valence-corrected chi connectivity index (χ3v) is 5.66. The van der Waals surface area contributed by atoms with E-state index in [1.807, 2.05) is 39.8 Å². The second kappa shape index (κ2) is 8.54. The highest BCUT2D eigenvalue weighted by Gasteiger charge is 2.21. The minimum Gasteiger partial charge on any atom is -0.495 e. The number of ether oxygens (including phenoxy) is 1. The van der Waals surface area contributed by atoms with Crippen LogP contribution < -0.4 is 14.8 Å². The maximum atomic E-state index is 12.7. The Balaban J connectivity index is 2.39. The zero-order valence-electron chi connectivity index (χ0n) is 16.3. The minimum atomic E-state index is -3.77. The van der Waals surface area contributed by atoms with Crippen LogP contribution in [0.5, 0.6) is 5.75 Å². The molecular weight excluding hydrogens is 364 g/mol. The van der Waals surface area contributed by atoms with Crippen molar-refractivity contribution in [3.8, 4) is 5.75 Å². The van der Waals surface area contributed by atoms with Gasteiger partial charge in [0, 0.05) is 17.8 Å². The molecule has 2 aromatic carbocycles. The van der Waals surface area contributed by atoms with Crippen LogP contribution in [-0.4, -0.2) is 28.0 Å². The van der Waals surface area contributed by atoms with Crippen molar-refractivity contribution in [3.63, 3.8) is 0 Å². The number of carbonyl (C=O) groups excluding carboxylic acids is 1. The van der Waals surface area contributed by atoms with Crippen LogP contribution in [0.2, 0.25) is 0 Å². The Morgan fingerprint density at radius 2 is 1.70 bits per heavy atom. The summed E-state index contributed by atoms with van der Waals surface area (Å²) >= 11 is 0. The lowest BCUT2D eigenvalue weighted by Gasteiger charge is -2.15. The van der Waals surface area contributed by atoms with Crippen molar-refractivity contribution >= 4 is 21.6 Å². The van der Waals surface area contributed by atoms with Crippen molar-refractivity contribution in [1.82, 2.24) is 4.72 Å². The monoisotopic (exact) mass is 390 g/mol. The Kier molecular flexibility index (Phi) is 6.62. The molecule has 2 rings (SSSR count). The molecule has 0 atom stereocenters. The third-order valence-electron chi connectivity index (χ3n) is 4.17. The zero-order valence-corrected chi connectivity index (χ0v) is 17.2. The van der Waals surface area contributed by atoms with E-state index in [0.29, 0.717) is 13.0 Å². The maximum Gasteiger partial charge on any atom is 0.255 e. The molecule has 7 heteroatoms. The van der Waals surface area contributed by atoms with Gasteiger partial charge in [0.25, 0.3) is 5.91 Å². The summed E-state index contributed by atoms with van der Waals surface area (Å²) in [6.07, 6.45) is 0.660. The average molecular weight is 391 g/mol. The van der Waals surface area contributed by atoms with E-state index < -0.39 is 10.0 Å². The van der Waals surface area contributed by atoms with E-state index >= 15 is 0 Å². The van der Waals surface area contributed by atoms with Gasteiger partial charge in [-0.2, -0.15) is 0 Å².